The number of benzene rings is 2. The van der Waals surface area contributed by atoms with Crippen LogP contribution in [0.5, 0.6) is 0 Å². The highest BCUT2D eigenvalue weighted by atomic mass is 32.1. The van der Waals surface area contributed by atoms with Gasteiger partial charge in [0.15, 0.2) is 0 Å². The van der Waals surface area contributed by atoms with Crippen molar-refractivity contribution in [1.82, 2.24) is 0 Å². The summed E-state index contributed by atoms with van der Waals surface area (Å²) >= 11 is 1.69. The van der Waals surface area contributed by atoms with E-state index in [2.05, 4.69) is 34.9 Å². The van der Waals surface area contributed by atoms with E-state index in [4.69, 9.17) is 0 Å². The van der Waals surface area contributed by atoms with Gasteiger partial charge in [-0.15, -0.1) is 11.3 Å². The van der Waals surface area contributed by atoms with Crippen molar-refractivity contribution in [2.24, 2.45) is 0 Å². The second kappa shape index (κ2) is 7.98. The summed E-state index contributed by atoms with van der Waals surface area (Å²) in [5, 5.41) is 7.68. The maximum atomic E-state index is 12.8. The van der Waals surface area contributed by atoms with Gasteiger partial charge in [0.05, 0.1) is 5.56 Å². The lowest BCUT2D eigenvalue weighted by molar-refractivity contribution is -0.114. The molecule has 142 valence electrons. The molecule has 1 aliphatic carbocycles. The van der Waals surface area contributed by atoms with Gasteiger partial charge < -0.3 is 10.6 Å². The molecule has 0 fully saturated rings. The highest BCUT2D eigenvalue weighted by Crippen LogP contribution is 2.37. The minimum atomic E-state index is -0.115. The highest BCUT2D eigenvalue weighted by molar-refractivity contribution is 7.10. The SMILES string of the molecule is CC(=O)Nc1ccc(NC(=O)c2csc3c2CC[C@@H](c2ccccc2)C3)cc1. The largest absolute Gasteiger partial charge is 0.326 e. The monoisotopic (exact) mass is 390 g/mol. The van der Waals surface area contributed by atoms with E-state index in [9.17, 15) is 9.59 Å². The Balaban J connectivity index is 1.45. The second-order valence-electron chi connectivity index (χ2n) is 7.11. The molecule has 1 aliphatic rings. The maximum absolute atomic E-state index is 12.8. The van der Waals surface area contributed by atoms with Crippen LogP contribution < -0.4 is 10.6 Å². The number of hydrogen-bond donors (Lipinski definition) is 2. The molecule has 3 aromatic rings. The van der Waals surface area contributed by atoms with E-state index in [0.29, 0.717) is 11.6 Å². The maximum Gasteiger partial charge on any atom is 0.256 e. The summed E-state index contributed by atoms with van der Waals surface area (Å²) in [7, 11) is 0. The number of amides is 2. The average Bonchev–Trinajstić information content (AvgIpc) is 3.13. The van der Waals surface area contributed by atoms with Crippen LogP contribution in [0.4, 0.5) is 11.4 Å². The first-order chi connectivity index (χ1) is 13.6. The van der Waals surface area contributed by atoms with Gasteiger partial charge in [-0.3, -0.25) is 9.59 Å². The second-order valence-corrected chi connectivity index (χ2v) is 8.08. The normalized spacial score (nSPS) is 15.5. The number of carbonyl (C=O) groups is 2. The summed E-state index contributed by atoms with van der Waals surface area (Å²) in [5.41, 5.74) is 4.80. The summed E-state index contributed by atoms with van der Waals surface area (Å²) in [4.78, 5) is 25.2. The van der Waals surface area contributed by atoms with Crippen LogP contribution in [-0.4, -0.2) is 11.8 Å². The molecule has 0 aliphatic heterocycles. The number of anilines is 2. The van der Waals surface area contributed by atoms with Gasteiger partial charge in [-0.05, 0) is 60.6 Å². The molecule has 28 heavy (non-hydrogen) atoms. The van der Waals surface area contributed by atoms with Crippen LogP contribution in [0.1, 0.15) is 45.6 Å². The Labute approximate surface area is 168 Å². The number of nitrogens with one attached hydrogen (secondary N) is 2. The summed E-state index contributed by atoms with van der Waals surface area (Å²) in [6, 6.07) is 17.8. The first-order valence-electron chi connectivity index (χ1n) is 9.43. The minimum Gasteiger partial charge on any atom is -0.326 e. The highest BCUT2D eigenvalue weighted by Gasteiger charge is 2.26. The van der Waals surface area contributed by atoms with Gasteiger partial charge in [0.2, 0.25) is 5.91 Å². The zero-order chi connectivity index (χ0) is 19.5. The lowest BCUT2D eigenvalue weighted by atomic mass is 9.83. The molecular weight excluding hydrogens is 368 g/mol. The molecule has 0 spiro atoms. The van der Waals surface area contributed by atoms with Crippen molar-refractivity contribution < 1.29 is 9.59 Å². The fourth-order valence-electron chi connectivity index (χ4n) is 3.75. The molecular formula is C23H22N2O2S. The topological polar surface area (TPSA) is 58.2 Å². The number of carbonyl (C=O) groups excluding carboxylic acids is 2. The molecule has 1 aromatic heterocycles. The van der Waals surface area contributed by atoms with Crippen LogP contribution in [-0.2, 0) is 17.6 Å². The summed E-state index contributed by atoms with van der Waals surface area (Å²) in [6.45, 7) is 1.47. The van der Waals surface area contributed by atoms with Crippen molar-refractivity contribution in [2.75, 3.05) is 10.6 Å². The van der Waals surface area contributed by atoms with Crippen molar-refractivity contribution in [3.05, 3.63) is 81.5 Å². The Bertz CT molecular complexity index is 993. The molecule has 4 rings (SSSR count). The van der Waals surface area contributed by atoms with Gasteiger partial charge in [0, 0.05) is 28.6 Å². The molecule has 1 heterocycles. The molecule has 0 saturated carbocycles. The van der Waals surface area contributed by atoms with Crippen molar-refractivity contribution in [1.29, 1.82) is 0 Å². The van der Waals surface area contributed by atoms with E-state index in [1.165, 1.54) is 22.9 Å². The summed E-state index contributed by atoms with van der Waals surface area (Å²) in [5.74, 6) is 0.350. The van der Waals surface area contributed by atoms with Gasteiger partial charge in [0.25, 0.3) is 5.91 Å². The van der Waals surface area contributed by atoms with Crippen molar-refractivity contribution in [3.8, 4) is 0 Å². The Hall–Kier alpha value is -2.92. The third-order valence-corrected chi connectivity index (χ3v) is 6.19. The molecule has 0 saturated heterocycles. The van der Waals surface area contributed by atoms with Gasteiger partial charge in [0.1, 0.15) is 0 Å². The predicted octanol–water partition coefficient (Wildman–Crippen LogP) is 5.23. The van der Waals surface area contributed by atoms with Gasteiger partial charge >= 0.3 is 0 Å². The van der Waals surface area contributed by atoms with E-state index in [0.717, 1.165) is 30.5 Å². The molecule has 0 radical (unpaired) electrons. The fraction of sp³-hybridized carbons (Fsp3) is 0.217. The van der Waals surface area contributed by atoms with E-state index >= 15 is 0 Å². The summed E-state index contributed by atoms with van der Waals surface area (Å²) in [6.07, 6.45) is 3.00. The molecule has 0 bridgehead atoms. The molecule has 5 heteroatoms. The predicted molar refractivity (Wildman–Crippen MR) is 114 cm³/mol. The minimum absolute atomic E-state index is 0.0667. The molecule has 2 N–H and O–H groups in total. The Morgan fingerprint density at radius 1 is 0.964 bits per heavy atom. The first-order valence-corrected chi connectivity index (χ1v) is 10.3. The van der Waals surface area contributed by atoms with Gasteiger partial charge in [-0.2, -0.15) is 0 Å². The van der Waals surface area contributed by atoms with Crippen LogP contribution in [0.3, 0.4) is 0 Å². The molecule has 2 amide bonds. The molecule has 4 nitrogen and oxygen atoms in total. The van der Waals surface area contributed by atoms with Gasteiger partial charge in [-0.25, -0.2) is 0 Å². The van der Waals surface area contributed by atoms with E-state index in [-0.39, 0.29) is 11.8 Å². The number of thiophene rings is 1. The van der Waals surface area contributed by atoms with E-state index in [1.54, 1.807) is 35.6 Å². The van der Waals surface area contributed by atoms with E-state index in [1.807, 2.05) is 11.4 Å². The lowest BCUT2D eigenvalue weighted by Crippen LogP contribution is -2.17. The van der Waals surface area contributed by atoms with Crippen molar-refractivity contribution in [3.63, 3.8) is 0 Å². The van der Waals surface area contributed by atoms with Crippen LogP contribution in [0.15, 0.2) is 60.0 Å². The van der Waals surface area contributed by atoms with Crippen LogP contribution >= 0.6 is 11.3 Å². The quantitative estimate of drug-likeness (QED) is 0.641. The Morgan fingerprint density at radius 3 is 2.32 bits per heavy atom. The number of rotatable bonds is 4. The third kappa shape index (κ3) is 3.99. The van der Waals surface area contributed by atoms with Crippen LogP contribution in [0.2, 0.25) is 0 Å². The van der Waals surface area contributed by atoms with Crippen LogP contribution in [0, 0.1) is 0 Å². The third-order valence-electron chi connectivity index (χ3n) is 5.13. The standard InChI is InChI=1S/C23H22N2O2S/c1-15(26)24-18-8-10-19(11-9-18)25-23(27)21-14-28-22-13-17(7-12-20(21)22)16-5-3-2-4-6-16/h2-6,8-11,14,17H,7,12-13H2,1H3,(H,24,26)(H,25,27)/t17-/m1/s1. The number of fused-ring (bicyclic) bond motifs is 1. The van der Waals surface area contributed by atoms with Crippen molar-refractivity contribution in [2.45, 2.75) is 32.1 Å². The Morgan fingerprint density at radius 2 is 1.64 bits per heavy atom. The lowest BCUT2D eigenvalue weighted by Gasteiger charge is -2.23. The van der Waals surface area contributed by atoms with Crippen molar-refractivity contribution >= 4 is 34.5 Å². The molecule has 1 atom stereocenters. The Kier molecular flexibility index (Phi) is 5.26. The van der Waals surface area contributed by atoms with Crippen LogP contribution in [0.25, 0.3) is 0 Å². The molecule has 0 unspecified atom stereocenters. The molecule has 2 aromatic carbocycles. The smallest absolute Gasteiger partial charge is 0.256 e. The number of hydrogen-bond acceptors (Lipinski definition) is 3. The average molecular weight is 391 g/mol. The van der Waals surface area contributed by atoms with Gasteiger partial charge in [-0.1, -0.05) is 30.3 Å². The summed E-state index contributed by atoms with van der Waals surface area (Å²) < 4.78 is 0. The zero-order valence-electron chi connectivity index (χ0n) is 15.7. The first kappa shape index (κ1) is 18.4. The van der Waals surface area contributed by atoms with E-state index < -0.39 is 0 Å². The zero-order valence-corrected chi connectivity index (χ0v) is 16.5. The fourth-order valence-corrected chi connectivity index (χ4v) is 4.91.